The van der Waals surface area contributed by atoms with E-state index >= 15 is 0 Å². The van der Waals surface area contributed by atoms with E-state index < -0.39 is 17.3 Å². The van der Waals surface area contributed by atoms with E-state index in [0.717, 1.165) is 18.4 Å². The number of aryl methyl sites for hydroxylation is 1. The summed E-state index contributed by atoms with van der Waals surface area (Å²) < 4.78 is 13.7. The van der Waals surface area contributed by atoms with Gasteiger partial charge in [-0.15, -0.1) is 0 Å². The number of nitrogens with zero attached hydrogens (tertiary/aromatic N) is 1. The molecule has 1 aliphatic carbocycles. The minimum Gasteiger partial charge on any atom is -0.334 e. The summed E-state index contributed by atoms with van der Waals surface area (Å²) in [6.45, 7) is 3.95. The number of nitrogens with one attached hydrogen (secondary N) is 1. The second-order valence-electron chi connectivity index (χ2n) is 5.81. The van der Waals surface area contributed by atoms with Crippen molar-refractivity contribution in [1.29, 1.82) is 5.26 Å². The van der Waals surface area contributed by atoms with Gasteiger partial charge in [-0.2, -0.15) is 5.26 Å². The smallest absolute Gasteiger partial charge is 0.255 e. The quantitative estimate of drug-likeness (QED) is 0.899. The zero-order chi connectivity index (χ0) is 14.8. The van der Waals surface area contributed by atoms with Gasteiger partial charge in [0.15, 0.2) is 0 Å². The fraction of sp³-hybridized carbons (Fsp3) is 0.500. The summed E-state index contributed by atoms with van der Waals surface area (Å²) in [5, 5.41) is 12.1. The van der Waals surface area contributed by atoms with Crippen molar-refractivity contribution in [2.75, 3.05) is 0 Å². The molecule has 0 heterocycles. The van der Waals surface area contributed by atoms with E-state index in [0.29, 0.717) is 18.8 Å². The molecule has 0 aromatic heterocycles. The van der Waals surface area contributed by atoms with Gasteiger partial charge in [0, 0.05) is 0 Å². The highest BCUT2D eigenvalue weighted by molar-refractivity contribution is 5.95. The Morgan fingerprint density at radius 2 is 2.10 bits per heavy atom. The van der Waals surface area contributed by atoms with E-state index in [2.05, 4.69) is 18.3 Å². The first-order valence-corrected chi connectivity index (χ1v) is 6.96. The van der Waals surface area contributed by atoms with Gasteiger partial charge in [0.2, 0.25) is 0 Å². The van der Waals surface area contributed by atoms with E-state index in [4.69, 9.17) is 0 Å². The summed E-state index contributed by atoms with van der Waals surface area (Å²) in [5.74, 6) is -0.475. The van der Waals surface area contributed by atoms with Crippen LogP contribution in [-0.2, 0) is 0 Å². The number of hydrogen-bond donors (Lipinski definition) is 1. The predicted molar refractivity (Wildman–Crippen MR) is 74.6 cm³/mol. The number of benzene rings is 1. The zero-order valence-corrected chi connectivity index (χ0v) is 11.9. The molecule has 0 bridgehead atoms. The maximum absolute atomic E-state index is 13.7. The van der Waals surface area contributed by atoms with Crippen LogP contribution in [0.3, 0.4) is 0 Å². The third-order valence-electron chi connectivity index (χ3n) is 4.06. The van der Waals surface area contributed by atoms with Crippen LogP contribution in [0.25, 0.3) is 0 Å². The Morgan fingerprint density at radius 1 is 1.45 bits per heavy atom. The molecule has 0 aliphatic heterocycles. The van der Waals surface area contributed by atoms with Gasteiger partial charge in [-0.1, -0.05) is 18.6 Å². The SMILES string of the molecule is Cc1ccc(F)c(C(=O)NC2(C#N)CCC(C)CC2)c1. The van der Waals surface area contributed by atoms with Gasteiger partial charge in [0.25, 0.3) is 5.91 Å². The van der Waals surface area contributed by atoms with Crippen molar-refractivity contribution >= 4 is 5.91 Å². The van der Waals surface area contributed by atoms with Gasteiger partial charge in [0.1, 0.15) is 11.4 Å². The highest BCUT2D eigenvalue weighted by Gasteiger charge is 2.36. The van der Waals surface area contributed by atoms with Gasteiger partial charge >= 0.3 is 0 Å². The number of rotatable bonds is 2. The van der Waals surface area contributed by atoms with Crippen molar-refractivity contribution in [2.45, 2.75) is 45.1 Å². The average Bonchev–Trinajstić information content (AvgIpc) is 2.44. The summed E-state index contributed by atoms with van der Waals surface area (Å²) in [5.41, 5.74) is -0.0159. The molecule has 0 radical (unpaired) electrons. The van der Waals surface area contributed by atoms with Crippen molar-refractivity contribution in [3.05, 3.63) is 35.1 Å². The molecular formula is C16H19FN2O. The Bertz CT molecular complexity index is 554. The fourth-order valence-electron chi connectivity index (χ4n) is 2.62. The molecule has 1 aromatic rings. The van der Waals surface area contributed by atoms with Crippen LogP contribution >= 0.6 is 0 Å². The van der Waals surface area contributed by atoms with Gasteiger partial charge in [0.05, 0.1) is 11.6 Å². The molecule has 1 aliphatic rings. The van der Waals surface area contributed by atoms with Gasteiger partial charge in [-0.3, -0.25) is 4.79 Å². The highest BCUT2D eigenvalue weighted by Crippen LogP contribution is 2.31. The molecule has 0 unspecified atom stereocenters. The van der Waals surface area contributed by atoms with Crippen LogP contribution < -0.4 is 5.32 Å². The largest absolute Gasteiger partial charge is 0.334 e. The second-order valence-corrected chi connectivity index (χ2v) is 5.81. The molecule has 1 fully saturated rings. The monoisotopic (exact) mass is 274 g/mol. The Hall–Kier alpha value is -1.89. The topological polar surface area (TPSA) is 52.9 Å². The lowest BCUT2D eigenvalue weighted by atomic mass is 9.78. The van der Waals surface area contributed by atoms with Crippen LogP contribution in [0.4, 0.5) is 4.39 Å². The van der Waals surface area contributed by atoms with Crippen LogP contribution in [0.2, 0.25) is 0 Å². The first-order valence-electron chi connectivity index (χ1n) is 6.96. The van der Waals surface area contributed by atoms with Crippen molar-refractivity contribution in [1.82, 2.24) is 5.32 Å². The summed E-state index contributed by atoms with van der Waals surface area (Å²) in [6.07, 6.45) is 3.07. The Kier molecular flexibility index (Phi) is 4.08. The third-order valence-corrected chi connectivity index (χ3v) is 4.06. The molecule has 1 saturated carbocycles. The summed E-state index contributed by atoms with van der Waals surface area (Å²) in [4.78, 5) is 12.2. The molecule has 0 atom stereocenters. The molecule has 0 spiro atoms. The second kappa shape index (κ2) is 5.62. The van der Waals surface area contributed by atoms with Crippen LogP contribution in [0.1, 0.15) is 48.5 Å². The van der Waals surface area contributed by atoms with Crippen LogP contribution in [0.15, 0.2) is 18.2 Å². The van der Waals surface area contributed by atoms with Gasteiger partial charge in [-0.05, 0) is 50.7 Å². The standard InChI is InChI=1S/C16H19FN2O/c1-11-5-7-16(10-18,8-6-11)19-15(20)13-9-12(2)3-4-14(13)17/h3-4,9,11H,5-8H2,1-2H3,(H,19,20). The Labute approximate surface area is 118 Å². The molecule has 1 aromatic carbocycles. The normalized spacial score (nSPS) is 25.8. The number of carbonyl (C=O) groups is 1. The van der Waals surface area contributed by atoms with Crippen molar-refractivity contribution in [3.63, 3.8) is 0 Å². The minimum absolute atomic E-state index is 0.0123. The summed E-state index contributed by atoms with van der Waals surface area (Å²) in [6, 6.07) is 6.64. The molecule has 1 amide bonds. The minimum atomic E-state index is -0.847. The van der Waals surface area contributed by atoms with Crippen LogP contribution in [0, 0.1) is 30.0 Å². The molecule has 106 valence electrons. The predicted octanol–water partition coefficient (Wildman–Crippen LogP) is 3.34. The van der Waals surface area contributed by atoms with Crippen LogP contribution in [-0.4, -0.2) is 11.4 Å². The highest BCUT2D eigenvalue weighted by atomic mass is 19.1. The number of amides is 1. The lowest BCUT2D eigenvalue weighted by Crippen LogP contribution is -2.49. The molecule has 0 saturated heterocycles. The van der Waals surface area contributed by atoms with E-state index in [1.807, 2.05) is 0 Å². The number of hydrogen-bond acceptors (Lipinski definition) is 2. The van der Waals surface area contributed by atoms with Crippen molar-refractivity contribution < 1.29 is 9.18 Å². The number of halogens is 1. The molecule has 4 heteroatoms. The zero-order valence-electron chi connectivity index (χ0n) is 11.9. The number of nitriles is 1. The average molecular weight is 274 g/mol. The summed E-state index contributed by atoms with van der Waals surface area (Å²) >= 11 is 0. The first-order chi connectivity index (χ1) is 9.46. The third kappa shape index (κ3) is 2.98. The number of carbonyl (C=O) groups excluding carboxylic acids is 1. The van der Waals surface area contributed by atoms with E-state index in [-0.39, 0.29) is 5.56 Å². The van der Waals surface area contributed by atoms with E-state index in [1.54, 1.807) is 13.0 Å². The lowest BCUT2D eigenvalue weighted by Gasteiger charge is -2.34. The fourth-order valence-corrected chi connectivity index (χ4v) is 2.62. The maximum Gasteiger partial charge on any atom is 0.255 e. The molecule has 3 nitrogen and oxygen atoms in total. The lowest BCUT2D eigenvalue weighted by molar-refractivity contribution is 0.0889. The van der Waals surface area contributed by atoms with Gasteiger partial charge < -0.3 is 5.32 Å². The van der Waals surface area contributed by atoms with Crippen molar-refractivity contribution in [2.24, 2.45) is 5.92 Å². The summed E-state index contributed by atoms with van der Waals surface area (Å²) in [7, 11) is 0. The molecular weight excluding hydrogens is 255 g/mol. The van der Waals surface area contributed by atoms with Crippen LogP contribution in [0.5, 0.6) is 0 Å². The first kappa shape index (κ1) is 14.5. The Morgan fingerprint density at radius 3 is 2.70 bits per heavy atom. The molecule has 1 N–H and O–H groups in total. The molecule has 2 rings (SSSR count). The van der Waals surface area contributed by atoms with Gasteiger partial charge in [-0.25, -0.2) is 4.39 Å². The Balaban J connectivity index is 2.18. The van der Waals surface area contributed by atoms with Crippen molar-refractivity contribution in [3.8, 4) is 6.07 Å². The van der Waals surface area contributed by atoms with E-state index in [1.165, 1.54) is 12.1 Å². The molecule has 20 heavy (non-hydrogen) atoms. The maximum atomic E-state index is 13.7. The van der Waals surface area contributed by atoms with E-state index in [9.17, 15) is 14.4 Å².